The Kier molecular flexibility index (Phi) is 4.87. The van der Waals surface area contributed by atoms with Crippen molar-refractivity contribution in [1.82, 2.24) is 8.61 Å². The monoisotopic (exact) mass is 289 g/mol. The Morgan fingerprint density at radius 2 is 1.84 bits per heavy atom. The van der Waals surface area contributed by atoms with Crippen molar-refractivity contribution in [2.45, 2.75) is 58.0 Å². The highest BCUT2D eigenvalue weighted by atomic mass is 32.2. The van der Waals surface area contributed by atoms with Gasteiger partial charge in [-0.25, -0.2) is 0 Å². The zero-order valence-electron chi connectivity index (χ0n) is 12.1. The first kappa shape index (κ1) is 15.2. The van der Waals surface area contributed by atoms with E-state index in [1.807, 2.05) is 6.92 Å². The Morgan fingerprint density at radius 1 is 1.11 bits per heavy atom. The van der Waals surface area contributed by atoms with Crippen LogP contribution in [0.3, 0.4) is 0 Å². The molecule has 2 aliphatic heterocycles. The van der Waals surface area contributed by atoms with Crippen LogP contribution in [0.25, 0.3) is 0 Å². The third kappa shape index (κ3) is 3.12. The van der Waals surface area contributed by atoms with Gasteiger partial charge in [-0.1, -0.05) is 13.3 Å². The van der Waals surface area contributed by atoms with Gasteiger partial charge in [-0.3, -0.25) is 0 Å². The summed E-state index contributed by atoms with van der Waals surface area (Å²) >= 11 is 0. The summed E-state index contributed by atoms with van der Waals surface area (Å²) in [7, 11) is -3.33. The summed E-state index contributed by atoms with van der Waals surface area (Å²) in [6.45, 7) is 5.89. The first-order valence-electron chi connectivity index (χ1n) is 7.45. The average molecular weight is 289 g/mol. The molecule has 112 valence electrons. The minimum absolute atomic E-state index is 0.0251. The molecule has 2 heterocycles. The van der Waals surface area contributed by atoms with E-state index in [0.717, 1.165) is 32.1 Å². The van der Waals surface area contributed by atoms with Crippen LogP contribution in [-0.4, -0.2) is 48.7 Å². The smallest absolute Gasteiger partial charge is 0.282 e. The minimum Gasteiger partial charge on any atom is -0.329 e. The first-order valence-corrected chi connectivity index (χ1v) is 8.85. The summed E-state index contributed by atoms with van der Waals surface area (Å²) < 4.78 is 29.0. The number of hydrogen-bond acceptors (Lipinski definition) is 3. The molecule has 5 nitrogen and oxygen atoms in total. The van der Waals surface area contributed by atoms with Crippen molar-refractivity contribution in [2.24, 2.45) is 11.7 Å². The molecule has 2 saturated heterocycles. The molecule has 3 unspecified atom stereocenters. The van der Waals surface area contributed by atoms with Crippen molar-refractivity contribution in [2.75, 3.05) is 19.6 Å². The lowest BCUT2D eigenvalue weighted by Gasteiger charge is -2.42. The van der Waals surface area contributed by atoms with Crippen LogP contribution in [0, 0.1) is 5.92 Å². The van der Waals surface area contributed by atoms with Crippen LogP contribution in [-0.2, 0) is 10.2 Å². The molecule has 2 aliphatic rings. The molecule has 2 N–H and O–H groups in total. The van der Waals surface area contributed by atoms with Crippen LogP contribution >= 0.6 is 0 Å². The minimum atomic E-state index is -3.33. The second kappa shape index (κ2) is 6.08. The normalized spacial score (nSPS) is 35.4. The summed E-state index contributed by atoms with van der Waals surface area (Å²) in [5, 5.41) is 0. The Hall–Kier alpha value is -0.170. The van der Waals surface area contributed by atoms with E-state index in [2.05, 4.69) is 6.92 Å². The quantitative estimate of drug-likeness (QED) is 0.848. The van der Waals surface area contributed by atoms with Gasteiger partial charge in [0.1, 0.15) is 0 Å². The van der Waals surface area contributed by atoms with Gasteiger partial charge >= 0.3 is 0 Å². The van der Waals surface area contributed by atoms with Crippen LogP contribution in [0.2, 0.25) is 0 Å². The molecular weight excluding hydrogens is 262 g/mol. The second-order valence-corrected chi connectivity index (χ2v) is 7.93. The van der Waals surface area contributed by atoms with E-state index in [9.17, 15) is 8.42 Å². The van der Waals surface area contributed by atoms with Crippen molar-refractivity contribution in [3.05, 3.63) is 0 Å². The molecule has 0 amide bonds. The van der Waals surface area contributed by atoms with Gasteiger partial charge in [-0.2, -0.15) is 17.0 Å². The van der Waals surface area contributed by atoms with Crippen molar-refractivity contribution in [3.8, 4) is 0 Å². The van der Waals surface area contributed by atoms with Crippen molar-refractivity contribution in [1.29, 1.82) is 0 Å². The Labute approximate surface area is 117 Å². The third-order valence-electron chi connectivity index (χ3n) is 4.53. The molecule has 0 aromatic heterocycles. The van der Waals surface area contributed by atoms with Crippen LogP contribution in [0.1, 0.15) is 46.0 Å². The summed E-state index contributed by atoms with van der Waals surface area (Å²) in [4.78, 5) is 0. The highest BCUT2D eigenvalue weighted by Gasteiger charge is 2.39. The summed E-state index contributed by atoms with van der Waals surface area (Å²) in [6.07, 6.45) is 4.90. The third-order valence-corrected chi connectivity index (χ3v) is 6.74. The summed E-state index contributed by atoms with van der Waals surface area (Å²) in [5.41, 5.74) is 5.79. The molecule has 6 heteroatoms. The maximum Gasteiger partial charge on any atom is 0.282 e. The van der Waals surface area contributed by atoms with Gasteiger partial charge in [0.05, 0.1) is 0 Å². The van der Waals surface area contributed by atoms with Gasteiger partial charge in [0.15, 0.2) is 0 Å². The number of hydrogen-bond donors (Lipinski definition) is 1. The Morgan fingerprint density at radius 3 is 2.47 bits per heavy atom. The SMILES string of the molecule is CC1CCN(S(=O)(=O)N2CCCCC2C)C(CN)C1. The van der Waals surface area contributed by atoms with Gasteiger partial charge in [-0.15, -0.1) is 0 Å². The molecule has 19 heavy (non-hydrogen) atoms. The van der Waals surface area contributed by atoms with E-state index in [1.165, 1.54) is 0 Å². The number of piperidine rings is 2. The molecular formula is C13H27N3O2S. The lowest BCUT2D eigenvalue weighted by Crippen LogP contribution is -2.56. The van der Waals surface area contributed by atoms with Gasteiger partial charge in [0, 0.05) is 31.7 Å². The molecule has 0 aliphatic carbocycles. The van der Waals surface area contributed by atoms with E-state index >= 15 is 0 Å². The number of rotatable bonds is 3. The lowest BCUT2D eigenvalue weighted by atomic mass is 9.94. The molecule has 0 radical (unpaired) electrons. The molecule has 2 rings (SSSR count). The van der Waals surface area contributed by atoms with Crippen LogP contribution in [0.15, 0.2) is 0 Å². The Bertz CT molecular complexity index is 399. The molecule has 3 atom stereocenters. The lowest BCUT2D eigenvalue weighted by molar-refractivity contribution is 0.180. The fourth-order valence-electron chi connectivity index (χ4n) is 3.30. The van der Waals surface area contributed by atoms with E-state index in [1.54, 1.807) is 8.61 Å². The second-order valence-electron chi connectivity index (χ2n) is 6.09. The maximum absolute atomic E-state index is 12.8. The van der Waals surface area contributed by atoms with E-state index in [4.69, 9.17) is 5.73 Å². The molecule has 0 aromatic carbocycles. The average Bonchev–Trinajstić information content (AvgIpc) is 2.38. The van der Waals surface area contributed by atoms with Gasteiger partial charge in [0.2, 0.25) is 0 Å². The van der Waals surface area contributed by atoms with Crippen molar-refractivity contribution >= 4 is 10.2 Å². The Balaban J connectivity index is 2.17. The van der Waals surface area contributed by atoms with Crippen LogP contribution < -0.4 is 5.73 Å². The predicted molar refractivity (Wildman–Crippen MR) is 76.9 cm³/mol. The van der Waals surface area contributed by atoms with E-state index in [0.29, 0.717) is 25.6 Å². The van der Waals surface area contributed by atoms with E-state index < -0.39 is 10.2 Å². The number of nitrogens with zero attached hydrogens (tertiary/aromatic N) is 2. The highest BCUT2D eigenvalue weighted by Crippen LogP contribution is 2.29. The molecule has 2 fully saturated rings. The molecule has 0 spiro atoms. The zero-order valence-corrected chi connectivity index (χ0v) is 12.9. The topological polar surface area (TPSA) is 66.6 Å². The predicted octanol–water partition coefficient (Wildman–Crippen LogP) is 1.16. The van der Waals surface area contributed by atoms with Crippen molar-refractivity contribution < 1.29 is 8.42 Å². The maximum atomic E-state index is 12.8. The van der Waals surface area contributed by atoms with Crippen LogP contribution in [0.4, 0.5) is 0 Å². The van der Waals surface area contributed by atoms with Gasteiger partial charge < -0.3 is 5.73 Å². The molecule has 0 bridgehead atoms. The fraction of sp³-hybridized carbons (Fsp3) is 1.00. The van der Waals surface area contributed by atoms with Crippen LogP contribution in [0.5, 0.6) is 0 Å². The molecule has 0 saturated carbocycles. The fourth-order valence-corrected chi connectivity index (χ4v) is 5.37. The summed E-state index contributed by atoms with van der Waals surface area (Å²) in [6, 6.07) is 0.0967. The standard InChI is InChI=1S/C13H27N3O2S/c1-11-6-8-16(13(9-11)10-14)19(17,18)15-7-4-3-5-12(15)2/h11-13H,3-10,14H2,1-2H3. The van der Waals surface area contributed by atoms with Crippen molar-refractivity contribution in [3.63, 3.8) is 0 Å². The van der Waals surface area contributed by atoms with Gasteiger partial charge in [0.25, 0.3) is 10.2 Å². The highest BCUT2D eigenvalue weighted by molar-refractivity contribution is 7.86. The number of nitrogens with two attached hydrogens (primary N) is 1. The largest absolute Gasteiger partial charge is 0.329 e. The van der Waals surface area contributed by atoms with E-state index in [-0.39, 0.29) is 12.1 Å². The first-order chi connectivity index (χ1) is 8.96. The summed E-state index contributed by atoms with van der Waals surface area (Å²) in [5.74, 6) is 0.568. The van der Waals surface area contributed by atoms with Gasteiger partial charge in [-0.05, 0) is 38.5 Å². The molecule has 0 aromatic rings. The zero-order chi connectivity index (χ0) is 14.0.